The minimum atomic E-state index is -3.04. The summed E-state index contributed by atoms with van der Waals surface area (Å²) in [6, 6.07) is 10.6. The number of hydrogen-bond donors (Lipinski definition) is 1. The van der Waals surface area contributed by atoms with E-state index in [1.807, 2.05) is 24.3 Å². The topological polar surface area (TPSA) is 77.9 Å². The molecule has 2 aromatic carbocycles. The molecule has 0 spiro atoms. The summed E-state index contributed by atoms with van der Waals surface area (Å²) in [7, 11) is 2.66. The lowest BCUT2D eigenvalue weighted by atomic mass is 10.1. The van der Waals surface area contributed by atoms with Crippen molar-refractivity contribution in [2.24, 2.45) is 0 Å². The summed E-state index contributed by atoms with van der Waals surface area (Å²) >= 11 is 2.54. The maximum absolute atomic E-state index is 12.8. The molecule has 0 saturated carbocycles. The van der Waals surface area contributed by atoms with Gasteiger partial charge in [0.15, 0.2) is 11.5 Å². The molecular formula is C20H17F2NO5S2. The van der Waals surface area contributed by atoms with E-state index in [0.29, 0.717) is 15.5 Å². The van der Waals surface area contributed by atoms with Crippen molar-refractivity contribution in [1.82, 2.24) is 4.98 Å². The van der Waals surface area contributed by atoms with E-state index in [1.165, 1.54) is 37.7 Å². The van der Waals surface area contributed by atoms with Gasteiger partial charge in [0.05, 0.1) is 30.2 Å². The molecular weight excluding hydrogens is 436 g/mol. The predicted molar refractivity (Wildman–Crippen MR) is 114 cm³/mol. The zero-order valence-electron chi connectivity index (χ0n) is 15.9. The molecule has 0 atom stereocenters. The Kier molecular flexibility index (Phi) is 7.11. The first kappa shape index (κ1) is 21.8. The van der Waals surface area contributed by atoms with Crippen LogP contribution in [0.25, 0.3) is 21.2 Å². The third-order valence-corrected chi connectivity index (χ3v) is 6.06. The van der Waals surface area contributed by atoms with Crippen LogP contribution in [0.5, 0.6) is 17.2 Å². The van der Waals surface area contributed by atoms with Gasteiger partial charge in [-0.25, -0.2) is 4.98 Å². The lowest BCUT2D eigenvalue weighted by Crippen LogP contribution is -2.05. The van der Waals surface area contributed by atoms with Gasteiger partial charge in [0.2, 0.25) is 5.75 Å². The maximum Gasteiger partial charge on any atom is 0.387 e. The van der Waals surface area contributed by atoms with Gasteiger partial charge in [-0.3, -0.25) is 4.79 Å². The van der Waals surface area contributed by atoms with Crippen LogP contribution in [0.15, 0.2) is 36.4 Å². The van der Waals surface area contributed by atoms with Crippen LogP contribution in [0.2, 0.25) is 0 Å². The van der Waals surface area contributed by atoms with E-state index >= 15 is 0 Å². The highest BCUT2D eigenvalue weighted by Crippen LogP contribution is 2.42. The molecule has 6 nitrogen and oxygen atoms in total. The Labute approximate surface area is 179 Å². The van der Waals surface area contributed by atoms with Crippen molar-refractivity contribution in [2.75, 3.05) is 20.0 Å². The van der Waals surface area contributed by atoms with Crippen molar-refractivity contribution in [3.8, 4) is 17.2 Å². The second kappa shape index (κ2) is 9.77. The maximum atomic E-state index is 12.8. The Balaban J connectivity index is 2.08. The Morgan fingerprint density at radius 2 is 1.90 bits per heavy atom. The molecule has 1 N–H and O–H groups in total. The number of alkyl halides is 2. The van der Waals surface area contributed by atoms with Crippen molar-refractivity contribution in [3.63, 3.8) is 0 Å². The van der Waals surface area contributed by atoms with Gasteiger partial charge in [0.1, 0.15) is 5.01 Å². The number of benzene rings is 2. The van der Waals surface area contributed by atoms with E-state index in [0.717, 1.165) is 22.0 Å². The molecule has 3 rings (SSSR count). The molecule has 0 aliphatic heterocycles. The van der Waals surface area contributed by atoms with Gasteiger partial charge in [0, 0.05) is 4.91 Å². The normalized spacial score (nSPS) is 11.7. The fraction of sp³-hybridized carbons (Fsp3) is 0.200. The van der Waals surface area contributed by atoms with E-state index in [-0.39, 0.29) is 23.0 Å². The Bertz CT molecular complexity index is 1030. The summed E-state index contributed by atoms with van der Waals surface area (Å²) in [5, 5.41) is 9.75. The third kappa shape index (κ3) is 5.19. The number of carboxylic acid groups (broad SMARTS) is 1. The molecule has 0 saturated heterocycles. The van der Waals surface area contributed by atoms with Crippen LogP contribution in [0.3, 0.4) is 0 Å². The van der Waals surface area contributed by atoms with E-state index < -0.39 is 12.6 Å². The number of hydrogen-bond acceptors (Lipinski definition) is 7. The second-order valence-corrected chi connectivity index (χ2v) is 7.86. The van der Waals surface area contributed by atoms with Crippen molar-refractivity contribution < 1.29 is 32.9 Å². The zero-order valence-corrected chi connectivity index (χ0v) is 17.6. The summed E-state index contributed by atoms with van der Waals surface area (Å²) in [5.41, 5.74) is 1.35. The Morgan fingerprint density at radius 3 is 2.47 bits per heavy atom. The summed E-state index contributed by atoms with van der Waals surface area (Å²) < 4.78 is 41.4. The molecule has 0 radical (unpaired) electrons. The minimum absolute atomic E-state index is 0.0628. The average Bonchev–Trinajstić information content (AvgIpc) is 3.15. The number of para-hydroxylation sites is 1. The first-order valence-corrected chi connectivity index (χ1v) is 10.3. The Hall–Kier alpha value is -2.85. The van der Waals surface area contributed by atoms with Crippen LogP contribution in [-0.4, -0.2) is 42.6 Å². The largest absolute Gasteiger partial charge is 0.493 e. The standard InChI is InChI=1S/C20H17F2NO5S2/c1-26-13-7-11(8-14(27-2)18(13)28-20(21)22)9-16(29-10-17(24)25)19-23-12-5-3-4-6-15(12)30-19/h3-9,20H,10H2,1-2H3,(H,24,25)/b16-9-. The number of aromatic nitrogens is 1. The van der Waals surface area contributed by atoms with Gasteiger partial charge in [-0.1, -0.05) is 12.1 Å². The zero-order chi connectivity index (χ0) is 21.7. The molecule has 1 aromatic heterocycles. The molecule has 0 aliphatic carbocycles. The smallest absolute Gasteiger partial charge is 0.387 e. The van der Waals surface area contributed by atoms with Gasteiger partial charge in [0.25, 0.3) is 0 Å². The van der Waals surface area contributed by atoms with Crippen LogP contribution < -0.4 is 14.2 Å². The summed E-state index contributed by atoms with van der Waals surface area (Å²) in [5.74, 6) is -1.22. The number of halogens is 2. The number of ether oxygens (including phenoxy) is 3. The van der Waals surface area contributed by atoms with Crippen LogP contribution in [0, 0.1) is 0 Å². The fourth-order valence-corrected chi connectivity index (χ4v) is 4.47. The molecule has 0 bridgehead atoms. The monoisotopic (exact) mass is 453 g/mol. The molecule has 0 amide bonds. The van der Waals surface area contributed by atoms with Gasteiger partial charge in [-0.15, -0.1) is 23.1 Å². The minimum Gasteiger partial charge on any atom is -0.493 e. The molecule has 10 heteroatoms. The lowest BCUT2D eigenvalue weighted by Gasteiger charge is -2.15. The predicted octanol–water partition coefficient (Wildman–Crippen LogP) is 5.23. The molecule has 158 valence electrons. The first-order valence-electron chi connectivity index (χ1n) is 8.54. The number of carbonyl (C=O) groups is 1. The van der Waals surface area contributed by atoms with Gasteiger partial charge >= 0.3 is 12.6 Å². The molecule has 0 fully saturated rings. The van der Waals surface area contributed by atoms with Crippen molar-refractivity contribution in [3.05, 3.63) is 47.0 Å². The van der Waals surface area contributed by atoms with Gasteiger partial charge < -0.3 is 19.3 Å². The SMILES string of the molecule is COc1cc(/C=C(\SCC(=O)O)c2nc3ccccc3s2)cc(OC)c1OC(F)F. The molecule has 0 unspecified atom stereocenters. The van der Waals surface area contributed by atoms with Gasteiger partial charge in [-0.2, -0.15) is 8.78 Å². The van der Waals surface area contributed by atoms with Crippen molar-refractivity contribution in [2.45, 2.75) is 6.61 Å². The highest BCUT2D eigenvalue weighted by Gasteiger charge is 2.19. The lowest BCUT2D eigenvalue weighted by molar-refractivity contribution is -0.133. The molecule has 3 aromatic rings. The number of fused-ring (bicyclic) bond motifs is 1. The van der Waals surface area contributed by atoms with Crippen LogP contribution in [0.1, 0.15) is 10.6 Å². The number of carboxylic acids is 1. The van der Waals surface area contributed by atoms with Crippen LogP contribution in [-0.2, 0) is 4.79 Å². The summed E-state index contributed by atoms with van der Waals surface area (Å²) in [4.78, 5) is 16.3. The highest BCUT2D eigenvalue weighted by atomic mass is 32.2. The molecule has 30 heavy (non-hydrogen) atoms. The summed E-state index contributed by atoms with van der Waals surface area (Å²) in [6.45, 7) is -3.04. The first-order chi connectivity index (χ1) is 14.4. The average molecular weight is 453 g/mol. The van der Waals surface area contributed by atoms with Crippen molar-refractivity contribution >= 4 is 50.3 Å². The van der Waals surface area contributed by atoms with E-state index in [4.69, 9.17) is 14.6 Å². The van der Waals surface area contributed by atoms with E-state index in [1.54, 1.807) is 6.08 Å². The number of nitrogens with zero attached hydrogens (tertiary/aromatic N) is 1. The molecule has 1 heterocycles. The highest BCUT2D eigenvalue weighted by molar-refractivity contribution is 8.09. The second-order valence-electron chi connectivity index (χ2n) is 5.81. The van der Waals surface area contributed by atoms with Crippen LogP contribution in [0.4, 0.5) is 8.78 Å². The number of aliphatic carboxylic acids is 1. The number of rotatable bonds is 9. The number of thiazole rings is 1. The fourth-order valence-electron chi connectivity index (χ4n) is 2.62. The quantitative estimate of drug-likeness (QED) is 0.475. The van der Waals surface area contributed by atoms with Crippen molar-refractivity contribution in [1.29, 1.82) is 0 Å². The number of thioether (sulfide) groups is 1. The molecule has 0 aliphatic rings. The van der Waals surface area contributed by atoms with E-state index in [9.17, 15) is 13.6 Å². The summed E-state index contributed by atoms with van der Waals surface area (Å²) in [6.07, 6.45) is 1.71. The third-order valence-electron chi connectivity index (χ3n) is 3.84. The van der Waals surface area contributed by atoms with Gasteiger partial charge in [-0.05, 0) is 35.9 Å². The van der Waals surface area contributed by atoms with Crippen LogP contribution >= 0.6 is 23.1 Å². The van der Waals surface area contributed by atoms with E-state index in [2.05, 4.69) is 9.72 Å². The Morgan fingerprint density at radius 1 is 1.23 bits per heavy atom. The number of methoxy groups -OCH3 is 2.